The standard InChI is InChI=1S/C16H26O2Si/c1-5-15-10-12-16(13-11-15)9-8-14-18-19(6-2,7-3)17-4/h5,10-13H,1,6-9,14H2,2-4H3. The van der Waals surface area contributed by atoms with Gasteiger partial charge in [-0.25, -0.2) is 0 Å². The van der Waals surface area contributed by atoms with Crippen LogP contribution in [0.15, 0.2) is 30.8 Å². The molecule has 0 heterocycles. The summed E-state index contributed by atoms with van der Waals surface area (Å²) in [6, 6.07) is 10.6. The Morgan fingerprint density at radius 3 is 2.26 bits per heavy atom. The first-order valence-corrected chi connectivity index (χ1v) is 9.33. The van der Waals surface area contributed by atoms with Crippen LogP contribution in [0.2, 0.25) is 12.1 Å². The molecule has 19 heavy (non-hydrogen) atoms. The molecule has 3 heteroatoms. The highest BCUT2D eigenvalue weighted by Gasteiger charge is 2.31. The van der Waals surface area contributed by atoms with E-state index in [1.807, 2.05) is 6.08 Å². The van der Waals surface area contributed by atoms with Gasteiger partial charge in [-0.3, -0.25) is 0 Å². The summed E-state index contributed by atoms with van der Waals surface area (Å²) in [5.41, 5.74) is 2.52. The fourth-order valence-corrected chi connectivity index (χ4v) is 4.28. The van der Waals surface area contributed by atoms with Gasteiger partial charge < -0.3 is 8.85 Å². The van der Waals surface area contributed by atoms with E-state index in [1.165, 1.54) is 11.1 Å². The predicted molar refractivity (Wildman–Crippen MR) is 84.5 cm³/mol. The molecule has 0 N–H and O–H groups in total. The van der Waals surface area contributed by atoms with Gasteiger partial charge >= 0.3 is 8.56 Å². The van der Waals surface area contributed by atoms with Gasteiger partial charge in [-0.1, -0.05) is 50.8 Å². The zero-order chi connectivity index (χ0) is 14.1. The van der Waals surface area contributed by atoms with Crippen LogP contribution in [0.1, 0.15) is 31.4 Å². The van der Waals surface area contributed by atoms with E-state index in [-0.39, 0.29) is 0 Å². The first-order chi connectivity index (χ1) is 9.19. The molecule has 0 aliphatic carbocycles. The van der Waals surface area contributed by atoms with Gasteiger partial charge in [0.1, 0.15) is 0 Å². The van der Waals surface area contributed by atoms with Crippen molar-refractivity contribution in [2.24, 2.45) is 0 Å². The summed E-state index contributed by atoms with van der Waals surface area (Å²) >= 11 is 0. The Balaban J connectivity index is 2.35. The Morgan fingerprint density at radius 1 is 1.16 bits per heavy atom. The molecule has 0 atom stereocenters. The highest BCUT2D eigenvalue weighted by molar-refractivity contribution is 6.67. The largest absolute Gasteiger partial charge is 0.398 e. The van der Waals surface area contributed by atoms with Gasteiger partial charge in [0.05, 0.1) is 0 Å². The topological polar surface area (TPSA) is 18.5 Å². The van der Waals surface area contributed by atoms with E-state index in [0.29, 0.717) is 0 Å². The van der Waals surface area contributed by atoms with Crippen LogP contribution in [0.4, 0.5) is 0 Å². The van der Waals surface area contributed by atoms with Gasteiger partial charge in [0.15, 0.2) is 0 Å². The molecule has 0 bridgehead atoms. The molecule has 1 rings (SSSR count). The zero-order valence-corrected chi connectivity index (χ0v) is 13.4. The lowest BCUT2D eigenvalue weighted by Crippen LogP contribution is -2.39. The molecule has 2 nitrogen and oxygen atoms in total. The number of aryl methyl sites for hydroxylation is 1. The van der Waals surface area contributed by atoms with Crippen LogP contribution in [0, 0.1) is 0 Å². The molecule has 1 aromatic carbocycles. The maximum absolute atomic E-state index is 6.04. The second kappa shape index (κ2) is 8.30. The van der Waals surface area contributed by atoms with E-state index in [1.54, 1.807) is 7.11 Å². The van der Waals surface area contributed by atoms with E-state index in [4.69, 9.17) is 8.85 Å². The fraction of sp³-hybridized carbons (Fsp3) is 0.500. The van der Waals surface area contributed by atoms with Gasteiger partial charge in [0, 0.05) is 13.7 Å². The SMILES string of the molecule is C=Cc1ccc(CCCO[Si](CC)(CC)OC)cc1. The van der Waals surface area contributed by atoms with Crippen molar-refractivity contribution in [2.75, 3.05) is 13.7 Å². The van der Waals surface area contributed by atoms with Crippen molar-refractivity contribution in [2.45, 2.75) is 38.8 Å². The van der Waals surface area contributed by atoms with Crippen LogP contribution in [0.25, 0.3) is 6.08 Å². The highest BCUT2D eigenvalue weighted by Crippen LogP contribution is 2.18. The number of benzene rings is 1. The van der Waals surface area contributed by atoms with Gasteiger partial charge in [-0.15, -0.1) is 0 Å². The fourth-order valence-electron chi connectivity index (χ4n) is 2.16. The molecule has 0 amide bonds. The summed E-state index contributed by atoms with van der Waals surface area (Å²) < 4.78 is 11.7. The van der Waals surface area contributed by atoms with Gasteiger partial charge in [-0.05, 0) is 36.1 Å². The minimum absolute atomic E-state index is 0.797. The molecular formula is C16H26O2Si. The summed E-state index contributed by atoms with van der Waals surface area (Å²) in [5, 5.41) is 0. The smallest absolute Gasteiger partial charge is 0.337 e. The Hall–Kier alpha value is -0.903. The molecule has 0 aromatic heterocycles. The maximum Gasteiger partial charge on any atom is 0.337 e. The van der Waals surface area contributed by atoms with Crippen molar-refractivity contribution in [1.82, 2.24) is 0 Å². The molecular weight excluding hydrogens is 252 g/mol. The van der Waals surface area contributed by atoms with Crippen LogP contribution in [0.3, 0.4) is 0 Å². The summed E-state index contributed by atoms with van der Waals surface area (Å²) in [6.07, 6.45) is 3.97. The lowest BCUT2D eigenvalue weighted by Gasteiger charge is -2.26. The molecule has 0 radical (unpaired) electrons. The van der Waals surface area contributed by atoms with Crippen LogP contribution in [-0.2, 0) is 15.3 Å². The number of hydrogen-bond acceptors (Lipinski definition) is 2. The zero-order valence-electron chi connectivity index (χ0n) is 12.4. The van der Waals surface area contributed by atoms with E-state index >= 15 is 0 Å². The van der Waals surface area contributed by atoms with E-state index < -0.39 is 8.56 Å². The Labute approximate surface area is 118 Å². The molecule has 0 saturated carbocycles. The third-order valence-corrected chi connectivity index (χ3v) is 7.27. The molecule has 0 spiro atoms. The van der Waals surface area contributed by atoms with Crippen LogP contribution in [-0.4, -0.2) is 22.3 Å². The Morgan fingerprint density at radius 2 is 1.79 bits per heavy atom. The van der Waals surface area contributed by atoms with E-state index in [9.17, 15) is 0 Å². The van der Waals surface area contributed by atoms with Gasteiger partial charge in [-0.2, -0.15) is 0 Å². The molecule has 0 saturated heterocycles. The lowest BCUT2D eigenvalue weighted by molar-refractivity contribution is 0.198. The minimum atomic E-state index is -1.88. The van der Waals surface area contributed by atoms with E-state index in [2.05, 4.69) is 44.7 Å². The van der Waals surface area contributed by atoms with Crippen molar-refractivity contribution in [1.29, 1.82) is 0 Å². The van der Waals surface area contributed by atoms with Crippen LogP contribution in [0.5, 0.6) is 0 Å². The third-order valence-electron chi connectivity index (χ3n) is 3.64. The first kappa shape index (κ1) is 16.2. The maximum atomic E-state index is 6.04. The Kier molecular flexibility index (Phi) is 7.06. The van der Waals surface area contributed by atoms with Gasteiger partial charge in [0.25, 0.3) is 0 Å². The molecule has 106 valence electrons. The van der Waals surface area contributed by atoms with E-state index in [0.717, 1.165) is 31.5 Å². The normalized spacial score (nSPS) is 11.5. The van der Waals surface area contributed by atoms with Crippen molar-refractivity contribution < 1.29 is 8.85 Å². The second-order valence-electron chi connectivity index (χ2n) is 4.72. The van der Waals surface area contributed by atoms with Crippen LogP contribution >= 0.6 is 0 Å². The molecule has 0 fully saturated rings. The average molecular weight is 278 g/mol. The molecule has 1 aromatic rings. The monoisotopic (exact) mass is 278 g/mol. The third kappa shape index (κ3) is 4.94. The van der Waals surface area contributed by atoms with Crippen molar-refractivity contribution in [3.8, 4) is 0 Å². The number of hydrogen-bond donors (Lipinski definition) is 0. The summed E-state index contributed by atoms with van der Waals surface area (Å²) in [7, 11) is -0.0986. The quantitative estimate of drug-likeness (QED) is 0.492. The minimum Gasteiger partial charge on any atom is -0.398 e. The van der Waals surface area contributed by atoms with Crippen molar-refractivity contribution >= 4 is 14.6 Å². The average Bonchev–Trinajstić information content (AvgIpc) is 2.49. The second-order valence-corrected chi connectivity index (χ2v) is 8.65. The molecule has 0 aliphatic heterocycles. The molecule has 0 aliphatic rings. The molecule has 0 unspecified atom stereocenters. The van der Waals surface area contributed by atoms with Crippen molar-refractivity contribution in [3.05, 3.63) is 42.0 Å². The Bertz CT molecular complexity index is 361. The van der Waals surface area contributed by atoms with Crippen molar-refractivity contribution in [3.63, 3.8) is 0 Å². The summed E-state index contributed by atoms with van der Waals surface area (Å²) in [5.74, 6) is 0. The number of rotatable bonds is 9. The predicted octanol–water partition coefficient (Wildman–Crippen LogP) is 4.41. The summed E-state index contributed by atoms with van der Waals surface area (Å²) in [4.78, 5) is 0. The van der Waals surface area contributed by atoms with Crippen LogP contribution < -0.4 is 0 Å². The first-order valence-electron chi connectivity index (χ1n) is 7.10. The lowest BCUT2D eigenvalue weighted by atomic mass is 10.1. The van der Waals surface area contributed by atoms with Gasteiger partial charge in [0.2, 0.25) is 0 Å². The highest BCUT2D eigenvalue weighted by atomic mass is 28.4. The summed E-state index contributed by atoms with van der Waals surface area (Å²) in [6.45, 7) is 8.88.